The summed E-state index contributed by atoms with van der Waals surface area (Å²) >= 11 is 0. The summed E-state index contributed by atoms with van der Waals surface area (Å²) in [4.78, 5) is 24.3. The molecule has 0 aliphatic rings. The van der Waals surface area contributed by atoms with E-state index in [4.69, 9.17) is 9.47 Å². The number of nitrogens with one attached hydrogen (secondary N) is 1. The summed E-state index contributed by atoms with van der Waals surface area (Å²) in [5, 5.41) is 14.7. The first-order valence-electron chi connectivity index (χ1n) is 9.56. The largest absolute Gasteiger partial charge is 0.493 e. The van der Waals surface area contributed by atoms with Gasteiger partial charge in [0.25, 0.3) is 15.7 Å². The van der Waals surface area contributed by atoms with E-state index in [0.717, 1.165) is 18.2 Å². The molecule has 176 valence electrons. The van der Waals surface area contributed by atoms with Crippen molar-refractivity contribution in [1.29, 1.82) is 0 Å². The lowest BCUT2D eigenvalue weighted by Gasteiger charge is -2.10. The lowest BCUT2D eigenvalue weighted by atomic mass is 10.2. The van der Waals surface area contributed by atoms with Crippen molar-refractivity contribution < 1.29 is 32.0 Å². The van der Waals surface area contributed by atoms with Gasteiger partial charge in [-0.3, -0.25) is 10.1 Å². The summed E-state index contributed by atoms with van der Waals surface area (Å²) in [5.74, 6) is -0.966. The summed E-state index contributed by atoms with van der Waals surface area (Å²) in [6.07, 6.45) is 1.17. The quantitative estimate of drug-likeness (QED) is 0.169. The second-order valence-electron chi connectivity index (χ2n) is 6.87. The van der Waals surface area contributed by atoms with Gasteiger partial charge in [-0.05, 0) is 61.0 Å². The van der Waals surface area contributed by atoms with Crippen LogP contribution in [0.3, 0.4) is 0 Å². The van der Waals surface area contributed by atoms with E-state index >= 15 is 0 Å². The molecule has 0 unspecified atom stereocenters. The molecule has 0 radical (unpaired) electrons. The molecule has 12 heteroatoms. The number of carbonyl (C=O) groups excluding carboxylic acids is 1. The molecular weight excluding hydrogens is 469 g/mol. The van der Waals surface area contributed by atoms with Crippen LogP contribution in [0, 0.1) is 22.9 Å². The predicted octanol–water partition coefficient (Wildman–Crippen LogP) is 3.58. The van der Waals surface area contributed by atoms with Crippen LogP contribution >= 0.6 is 0 Å². The Hall–Kier alpha value is -4.32. The lowest BCUT2D eigenvalue weighted by Crippen LogP contribution is -2.18. The predicted molar refractivity (Wildman–Crippen MR) is 120 cm³/mol. The standard InChI is InChI=1S/C22H18FN3O7S/c1-14-3-9-18(12-19(14)26(28)29)34(30,31)25-24-13-15-4-10-20(21(11-15)32-2)33-22(27)16-5-7-17(23)8-6-16/h3-13,25H,1-2H3/b24-13-. The lowest BCUT2D eigenvalue weighted by molar-refractivity contribution is -0.385. The van der Waals surface area contributed by atoms with Crippen molar-refractivity contribution in [2.24, 2.45) is 5.10 Å². The normalized spacial score (nSPS) is 11.3. The molecule has 34 heavy (non-hydrogen) atoms. The number of hydrogen-bond donors (Lipinski definition) is 1. The maximum Gasteiger partial charge on any atom is 0.343 e. The van der Waals surface area contributed by atoms with Crippen LogP contribution < -0.4 is 14.3 Å². The third-order valence-electron chi connectivity index (χ3n) is 4.54. The second kappa shape index (κ2) is 10.1. The molecule has 3 aromatic carbocycles. The average Bonchev–Trinajstić information content (AvgIpc) is 2.80. The van der Waals surface area contributed by atoms with Gasteiger partial charge in [-0.1, -0.05) is 6.07 Å². The summed E-state index contributed by atoms with van der Waals surface area (Å²) in [6, 6.07) is 12.7. The Balaban J connectivity index is 1.74. The number of rotatable bonds is 8. The SMILES string of the molecule is COc1cc(/C=N\NS(=O)(=O)c2ccc(C)c([N+](=O)[O-])c2)ccc1OC(=O)c1ccc(F)cc1. The Bertz CT molecular complexity index is 1370. The number of nitro groups is 1. The van der Waals surface area contributed by atoms with E-state index in [1.807, 2.05) is 4.83 Å². The Morgan fingerprint density at radius 2 is 1.79 bits per heavy atom. The minimum absolute atomic E-state index is 0.0847. The molecule has 0 saturated carbocycles. The Labute approximate surface area is 193 Å². The van der Waals surface area contributed by atoms with Crippen molar-refractivity contribution in [3.05, 3.63) is 93.3 Å². The summed E-state index contributed by atoms with van der Waals surface area (Å²) < 4.78 is 48.3. The fourth-order valence-electron chi connectivity index (χ4n) is 2.77. The molecule has 0 atom stereocenters. The summed E-state index contributed by atoms with van der Waals surface area (Å²) in [5.41, 5.74) is 0.526. The molecule has 0 fully saturated rings. The Morgan fingerprint density at radius 3 is 2.44 bits per heavy atom. The van der Waals surface area contributed by atoms with E-state index in [9.17, 15) is 27.7 Å². The molecule has 1 N–H and O–H groups in total. The average molecular weight is 487 g/mol. The van der Waals surface area contributed by atoms with Crippen LogP contribution in [-0.4, -0.2) is 32.6 Å². The molecule has 0 aromatic heterocycles. The third kappa shape index (κ3) is 5.72. The van der Waals surface area contributed by atoms with Gasteiger partial charge in [0, 0.05) is 11.6 Å². The number of nitrogens with zero attached hydrogens (tertiary/aromatic N) is 2. The van der Waals surface area contributed by atoms with Crippen molar-refractivity contribution >= 4 is 27.9 Å². The number of nitro benzene ring substituents is 1. The number of esters is 1. The number of sulfonamides is 1. The molecule has 0 spiro atoms. The van der Waals surface area contributed by atoms with Gasteiger partial charge in [0.15, 0.2) is 11.5 Å². The highest BCUT2D eigenvalue weighted by molar-refractivity contribution is 7.89. The highest BCUT2D eigenvalue weighted by atomic mass is 32.2. The van der Waals surface area contributed by atoms with Gasteiger partial charge < -0.3 is 9.47 Å². The molecule has 0 aliphatic carbocycles. The number of methoxy groups -OCH3 is 1. The van der Waals surface area contributed by atoms with E-state index in [0.29, 0.717) is 11.1 Å². The van der Waals surface area contributed by atoms with Gasteiger partial charge in [0.2, 0.25) is 0 Å². The Morgan fingerprint density at radius 1 is 1.09 bits per heavy atom. The number of hydrogen-bond acceptors (Lipinski definition) is 8. The monoisotopic (exact) mass is 487 g/mol. The van der Waals surface area contributed by atoms with Crippen molar-refractivity contribution in [2.75, 3.05) is 7.11 Å². The zero-order chi connectivity index (χ0) is 24.9. The highest BCUT2D eigenvalue weighted by Crippen LogP contribution is 2.28. The van der Waals surface area contributed by atoms with Crippen LogP contribution in [0.4, 0.5) is 10.1 Å². The Kier molecular flexibility index (Phi) is 7.21. The van der Waals surface area contributed by atoms with Gasteiger partial charge in [-0.15, -0.1) is 0 Å². The highest BCUT2D eigenvalue weighted by Gasteiger charge is 2.19. The zero-order valence-corrected chi connectivity index (χ0v) is 18.7. The van der Waals surface area contributed by atoms with Gasteiger partial charge >= 0.3 is 5.97 Å². The molecule has 0 heterocycles. The molecule has 10 nitrogen and oxygen atoms in total. The maximum absolute atomic E-state index is 13.0. The number of carbonyl (C=O) groups is 1. The van der Waals surface area contributed by atoms with Crippen molar-refractivity contribution in [3.63, 3.8) is 0 Å². The van der Waals surface area contributed by atoms with Crippen LogP contribution in [0.25, 0.3) is 0 Å². The molecule has 0 aliphatic heterocycles. The number of aryl methyl sites for hydroxylation is 1. The zero-order valence-electron chi connectivity index (χ0n) is 17.9. The summed E-state index contributed by atoms with van der Waals surface area (Å²) in [6.45, 7) is 1.49. The number of hydrazone groups is 1. The molecule has 3 aromatic rings. The number of halogens is 1. The van der Waals surface area contributed by atoms with E-state index in [2.05, 4.69) is 5.10 Å². The fraction of sp³-hybridized carbons (Fsp3) is 0.0909. The van der Waals surface area contributed by atoms with Crippen molar-refractivity contribution in [2.45, 2.75) is 11.8 Å². The van der Waals surface area contributed by atoms with Gasteiger partial charge in [0.1, 0.15) is 5.82 Å². The van der Waals surface area contributed by atoms with E-state index in [1.165, 1.54) is 62.7 Å². The van der Waals surface area contributed by atoms with Gasteiger partial charge in [-0.25, -0.2) is 14.0 Å². The first-order chi connectivity index (χ1) is 16.1. The minimum Gasteiger partial charge on any atom is -0.493 e. The molecule has 0 saturated heterocycles. The van der Waals surface area contributed by atoms with Crippen LogP contribution in [0.2, 0.25) is 0 Å². The van der Waals surface area contributed by atoms with E-state index < -0.39 is 26.7 Å². The fourth-order valence-corrected chi connectivity index (χ4v) is 3.58. The topological polar surface area (TPSA) is 137 Å². The molecule has 0 amide bonds. The van der Waals surface area contributed by atoms with Crippen molar-refractivity contribution in [3.8, 4) is 11.5 Å². The second-order valence-corrected chi connectivity index (χ2v) is 8.53. The molecule has 3 rings (SSSR count). The van der Waals surface area contributed by atoms with Gasteiger partial charge in [0.05, 0.1) is 28.7 Å². The first-order valence-corrected chi connectivity index (χ1v) is 11.0. The molecular formula is C22H18FN3O7S. The van der Waals surface area contributed by atoms with Crippen LogP contribution in [0.15, 0.2) is 70.7 Å². The number of ether oxygens (including phenoxy) is 2. The summed E-state index contributed by atoms with van der Waals surface area (Å²) in [7, 11) is -2.81. The third-order valence-corrected chi connectivity index (χ3v) is 5.76. The number of benzene rings is 3. The van der Waals surface area contributed by atoms with Crippen molar-refractivity contribution in [1.82, 2.24) is 4.83 Å². The van der Waals surface area contributed by atoms with Crippen LogP contribution in [0.5, 0.6) is 11.5 Å². The molecule has 0 bridgehead atoms. The minimum atomic E-state index is -4.16. The first kappa shape index (κ1) is 24.3. The maximum atomic E-state index is 13.0. The smallest absolute Gasteiger partial charge is 0.343 e. The van der Waals surface area contributed by atoms with Gasteiger partial charge in [-0.2, -0.15) is 13.5 Å². The van der Waals surface area contributed by atoms with Crippen LogP contribution in [-0.2, 0) is 10.0 Å². The van der Waals surface area contributed by atoms with Crippen LogP contribution in [0.1, 0.15) is 21.5 Å². The van der Waals surface area contributed by atoms with E-state index in [-0.39, 0.29) is 27.6 Å². The van der Waals surface area contributed by atoms with E-state index in [1.54, 1.807) is 0 Å².